The maximum Gasteiger partial charge on any atom is 0.0644 e. The first-order valence-electron chi connectivity index (χ1n) is 4.14. The van der Waals surface area contributed by atoms with E-state index in [4.69, 9.17) is 11.6 Å². The standard InChI is InChI=1S/C9H11ClN2.ClH/c1-11-7-4-8(10)9(12-5-7)6-2-3-6;/h4-6,11H,2-3H2,1H3;1H. The minimum absolute atomic E-state index is 0. The summed E-state index contributed by atoms with van der Waals surface area (Å²) in [6, 6.07) is 1.93. The minimum Gasteiger partial charge on any atom is -0.387 e. The van der Waals surface area contributed by atoms with E-state index in [0.29, 0.717) is 5.92 Å². The molecule has 1 aliphatic carbocycles. The smallest absolute Gasteiger partial charge is 0.0644 e. The fourth-order valence-electron chi connectivity index (χ4n) is 1.24. The van der Waals surface area contributed by atoms with Crippen LogP contribution in [0.4, 0.5) is 5.69 Å². The second kappa shape index (κ2) is 4.16. The predicted molar refractivity (Wildman–Crippen MR) is 58.0 cm³/mol. The third kappa shape index (κ3) is 2.26. The number of hydrogen-bond acceptors (Lipinski definition) is 2. The normalized spacial score (nSPS) is 14.9. The molecule has 1 heterocycles. The van der Waals surface area contributed by atoms with Crippen LogP contribution in [-0.2, 0) is 0 Å². The molecule has 1 saturated carbocycles. The Balaban J connectivity index is 0.000000845. The van der Waals surface area contributed by atoms with Crippen molar-refractivity contribution < 1.29 is 0 Å². The van der Waals surface area contributed by atoms with E-state index in [0.717, 1.165) is 16.4 Å². The van der Waals surface area contributed by atoms with Crippen LogP contribution in [0.3, 0.4) is 0 Å². The summed E-state index contributed by atoms with van der Waals surface area (Å²) >= 11 is 6.04. The van der Waals surface area contributed by atoms with Gasteiger partial charge >= 0.3 is 0 Å². The molecule has 13 heavy (non-hydrogen) atoms. The summed E-state index contributed by atoms with van der Waals surface area (Å²) in [5.74, 6) is 0.628. The van der Waals surface area contributed by atoms with Crippen molar-refractivity contribution >= 4 is 29.7 Å². The molecule has 1 N–H and O–H groups in total. The molecule has 0 saturated heterocycles. The number of anilines is 1. The molecular weight excluding hydrogens is 207 g/mol. The van der Waals surface area contributed by atoms with Gasteiger partial charge in [-0.05, 0) is 18.9 Å². The fourth-order valence-corrected chi connectivity index (χ4v) is 1.56. The number of hydrogen-bond donors (Lipinski definition) is 1. The van der Waals surface area contributed by atoms with E-state index >= 15 is 0 Å². The van der Waals surface area contributed by atoms with Crippen molar-refractivity contribution in [3.05, 3.63) is 23.0 Å². The molecule has 1 aromatic heterocycles. The number of nitrogens with zero attached hydrogens (tertiary/aromatic N) is 1. The average Bonchev–Trinajstić information content (AvgIpc) is 2.87. The Bertz CT molecular complexity index is 298. The lowest BCUT2D eigenvalue weighted by molar-refractivity contribution is 1.02. The van der Waals surface area contributed by atoms with Crippen molar-refractivity contribution in [1.82, 2.24) is 4.98 Å². The van der Waals surface area contributed by atoms with Gasteiger partial charge in [0.1, 0.15) is 0 Å². The third-order valence-corrected chi connectivity index (χ3v) is 2.43. The second-order valence-electron chi connectivity index (χ2n) is 3.12. The van der Waals surface area contributed by atoms with Gasteiger partial charge in [0.15, 0.2) is 0 Å². The first-order valence-corrected chi connectivity index (χ1v) is 4.52. The van der Waals surface area contributed by atoms with Gasteiger partial charge in [0.25, 0.3) is 0 Å². The Morgan fingerprint density at radius 3 is 2.69 bits per heavy atom. The molecule has 4 heteroatoms. The van der Waals surface area contributed by atoms with Crippen molar-refractivity contribution in [2.45, 2.75) is 18.8 Å². The van der Waals surface area contributed by atoms with Crippen LogP contribution in [0.2, 0.25) is 5.02 Å². The summed E-state index contributed by atoms with van der Waals surface area (Å²) in [5.41, 5.74) is 2.04. The molecule has 0 atom stereocenters. The lowest BCUT2D eigenvalue weighted by Crippen LogP contribution is -1.93. The van der Waals surface area contributed by atoms with E-state index < -0.39 is 0 Å². The molecule has 0 aliphatic heterocycles. The van der Waals surface area contributed by atoms with Gasteiger partial charge in [0.05, 0.1) is 22.6 Å². The fraction of sp³-hybridized carbons (Fsp3) is 0.444. The number of nitrogens with one attached hydrogen (secondary N) is 1. The van der Waals surface area contributed by atoms with Gasteiger partial charge in [-0.3, -0.25) is 4.98 Å². The maximum atomic E-state index is 6.04. The van der Waals surface area contributed by atoms with Gasteiger partial charge < -0.3 is 5.32 Å². The van der Waals surface area contributed by atoms with Gasteiger partial charge in [-0.1, -0.05) is 11.6 Å². The first-order chi connectivity index (χ1) is 5.81. The largest absolute Gasteiger partial charge is 0.387 e. The SMILES string of the molecule is CNc1cnc(C2CC2)c(Cl)c1.Cl. The van der Waals surface area contributed by atoms with E-state index in [1.807, 2.05) is 19.3 Å². The Labute approximate surface area is 89.1 Å². The zero-order valence-corrected chi connectivity index (χ0v) is 8.95. The summed E-state index contributed by atoms with van der Waals surface area (Å²) in [4.78, 5) is 4.32. The van der Waals surface area contributed by atoms with E-state index in [1.54, 1.807) is 0 Å². The van der Waals surface area contributed by atoms with Gasteiger partial charge in [-0.15, -0.1) is 12.4 Å². The van der Waals surface area contributed by atoms with Crippen LogP contribution < -0.4 is 5.32 Å². The van der Waals surface area contributed by atoms with Gasteiger partial charge in [0.2, 0.25) is 0 Å². The van der Waals surface area contributed by atoms with Gasteiger partial charge in [0, 0.05) is 13.0 Å². The highest BCUT2D eigenvalue weighted by Crippen LogP contribution is 2.42. The Morgan fingerprint density at radius 1 is 1.54 bits per heavy atom. The maximum absolute atomic E-state index is 6.04. The van der Waals surface area contributed by atoms with E-state index in [9.17, 15) is 0 Å². The number of pyridine rings is 1. The topological polar surface area (TPSA) is 24.9 Å². The molecular formula is C9H12Cl2N2. The Hall–Kier alpha value is -0.470. The van der Waals surface area contributed by atoms with E-state index in [-0.39, 0.29) is 12.4 Å². The monoisotopic (exact) mass is 218 g/mol. The number of aromatic nitrogens is 1. The number of rotatable bonds is 2. The molecule has 0 radical (unpaired) electrons. The van der Waals surface area contributed by atoms with Crippen LogP contribution in [0, 0.1) is 0 Å². The van der Waals surface area contributed by atoms with Crippen LogP contribution in [0.15, 0.2) is 12.3 Å². The van der Waals surface area contributed by atoms with Crippen LogP contribution in [0.5, 0.6) is 0 Å². The molecule has 0 amide bonds. The molecule has 2 rings (SSSR count). The highest BCUT2D eigenvalue weighted by atomic mass is 35.5. The van der Waals surface area contributed by atoms with Gasteiger partial charge in [-0.25, -0.2) is 0 Å². The van der Waals surface area contributed by atoms with Crippen molar-refractivity contribution in [2.75, 3.05) is 12.4 Å². The molecule has 72 valence electrons. The van der Waals surface area contributed by atoms with Crippen LogP contribution in [-0.4, -0.2) is 12.0 Å². The highest BCUT2D eigenvalue weighted by molar-refractivity contribution is 6.31. The Morgan fingerprint density at radius 2 is 2.23 bits per heavy atom. The third-order valence-electron chi connectivity index (χ3n) is 2.12. The van der Waals surface area contributed by atoms with Crippen molar-refractivity contribution in [3.63, 3.8) is 0 Å². The van der Waals surface area contributed by atoms with Crippen molar-refractivity contribution in [2.24, 2.45) is 0 Å². The lowest BCUT2D eigenvalue weighted by atomic mass is 10.2. The molecule has 1 aromatic rings. The summed E-state index contributed by atoms with van der Waals surface area (Å²) < 4.78 is 0. The molecule has 0 bridgehead atoms. The number of halogens is 2. The predicted octanol–water partition coefficient (Wildman–Crippen LogP) is 3.08. The molecule has 1 aliphatic rings. The summed E-state index contributed by atoms with van der Waals surface area (Å²) in [7, 11) is 1.87. The first kappa shape index (κ1) is 10.6. The average molecular weight is 219 g/mol. The quantitative estimate of drug-likeness (QED) is 0.826. The van der Waals surface area contributed by atoms with Crippen LogP contribution >= 0.6 is 24.0 Å². The zero-order chi connectivity index (χ0) is 8.55. The highest BCUT2D eigenvalue weighted by Gasteiger charge is 2.27. The van der Waals surface area contributed by atoms with Crippen molar-refractivity contribution in [1.29, 1.82) is 0 Å². The molecule has 0 unspecified atom stereocenters. The second-order valence-corrected chi connectivity index (χ2v) is 3.52. The van der Waals surface area contributed by atoms with E-state index in [1.165, 1.54) is 12.8 Å². The molecule has 2 nitrogen and oxygen atoms in total. The Kier molecular flexibility index (Phi) is 3.40. The van der Waals surface area contributed by atoms with E-state index in [2.05, 4.69) is 10.3 Å². The van der Waals surface area contributed by atoms with Gasteiger partial charge in [-0.2, -0.15) is 0 Å². The minimum atomic E-state index is 0. The molecule has 0 aromatic carbocycles. The van der Waals surface area contributed by atoms with Crippen LogP contribution in [0.1, 0.15) is 24.5 Å². The summed E-state index contributed by atoms with van der Waals surface area (Å²) in [6.45, 7) is 0. The zero-order valence-electron chi connectivity index (χ0n) is 7.38. The van der Waals surface area contributed by atoms with Crippen LogP contribution in [0.25, 0.3) is 0 Å². The van der Waals surface area contributed by atoms with Crippen molar-refractivity contribution in [3.8, 4) is 0 Å². The molecule has 0 spiro atoms. The molecule has 1 fully saturated rings. The summed E-state index contributed by atoms with van der Waals surface area (Å²) in [6.07, 6.45) is 4.32. The summed E-state index contributed by atoms with van der Waals surface area (Å²) in [5, 5.41) is 3.80. The lowest BCUT2D eigenvalue weighted by Gasteiger charge is -2.03.